The summed E-state index contributed by atoms with van der Waals surface area (Å²) in [6, 6.07) is 6.36. The van der Waals surface area contributed by atoms with Crippen molar-refractivity contribution in [1.82, 2.24) is 10.2 Å². The second-order valence-corrected chi connectivity index (χ2v) is 6.85. The smallest absolute Gasteiger partial charge is 0.325 e. The first kappa shape index (κ1) is 17.0. The van der Waals surface area contributed by atoms with Gasteiger partial charge in [-0.15, -0.1) is 0 Å². The zero-order chi connectivity index (χ0) is 17.4. The average Bonchev–Trinajstić information content (AvgIpc) is 2.70. The van der Waals surface area contributed by atoms with E-state index in [9.17, 15) is 14.4 Å². The van der Waals surface area contributed by atoms with Gasteiger partial charge in [-0.05, 0) is 24.6 Å². The molecule has 0 spiro atoms. The van der Waals surface area contributed by atoms with Crippen LogP contribution in [0.15, 0.2) is 24.3 Å². The molecule has 0 aromatic heterocycles. The van der Waals surface area contributed by atoms with E-state index in [4.69, 9.17) is 4.74 Å². The van der Waals surface area contributed by atoms with Gasteiger partial charge in [-0.2, -0.15) is 0 Å². The Balaban J connectivity index is 2.27. The number of hydrogen-bond donors (Lipinski definition) is 1. The minimum absolute atomic E-state index is 0.167. The van der Waals surface area contributed by atoms with Crippen LogP contribution in [0.2, 0.25) is 0 Å². The fourth-order valence-corrected chi connectivity index (χ4v) is 2.34. The number of methoxy groups -OCH3 is 1. The molecule has 2 rings (SSSR count). The normalized spacial score (nSPS) is 21.3. The van der Waals surface area contributed by atoms with Crippen LogP contribution in [0.25, 0.3) is 0 Å². The van der Waals surface area contributed by atoms with Crippen molar-refractivity contribution >= 4 is 17.7 Å². The molecule has 124 valence electrons. The van der Waals surface area contributed by atoms with E-state index in [-0.39, 0.29) is 12.3 Å². The number of ether oxygens (including phenoxy) is 1. The average molecular weight is 318 g/mol. The Hall–Kier alpha value is -2.37. The Morgan fingerprint density at radius 1 is 1.22 bits per heavy atom. The third-order valence-corrected chi connectivity index (χ3v) is 4.08. The van der Waals surface area contributed by atoms with Gasteiger partial charge in [0.25, 0.3) is 5.91 Å². The van der Waals surface area contributed by atoms with Gasteiger partial charge in [0.05, 0.1) is 13.7 Å². The van der Waals surface area contributed by atoms with Crippen molar-refractivity contribution in [1.29, 1.82) is 0 Å². The molecule has 23 heavy (non-hydrogen) atoms. The summed E-state index contributed by atoms with van der Waals surface area (Å²) < 4.78 is 5.10. The van der Waals surface area contributed by atoms with Crippen LogP contribution in [0.4, 0.5) is 4.79 Å². The standard InChI is InChI=1S/C17H22N2O4/c1-16(2,3)13(20)10-19-14(21)17(4,18-15(19)22)11-6-8-12(23-5)9-7-11/h6-9H,10H2,1-5H3,(H,18,22)/t17-/m0/s1. The summed E-state index contributed by atoms with van der Waals surface area (Å²) >= 11 is 0. The first-order valence-corrected chi connectivity index (χ1v) is 7.41. The van der Waals surface area contributed by atoms with Crippen molar-refractivity contribution in [2.75, 3.05) is 13.7 Å². The Kier molecular flexibility index (Phi) is 4.20. The van der Waals surface area contributed by atoms with Crippen LogP contribution in [0.3, 0.4) is 0 Å². The molecule has 1 fully saturated rings. The van der Waals surface area contributed by atoms with Gasteiger partial charge in [0, 0.05) is 5.41 Å². The third kappa shape index (κ3) is 3.06. The number of nitrogens with one attached hydrogen (secondary N) is 1. The highest BCUT2D eigenvalue weighted by molar-refractivity contribution is 6.09. The van der Waals surface area contributed by atoms with Crippen molar-refractivity contribution in [3.8, 4) is 5.75 Å². The lowest BCUT2D eigenvalue weighted by atomic mass is 9.89. The summed E-state index contributed by atoms with van der Waals surface area (Å²) in [4.78, 5) is 38.0. The molecule has 0 radical (unpaired) electrons. The number of amides is 3. The molecule has 3 amide bonds. The zero-order valence-electron chi connectivity index (χ0n) is 14.1. The number of benzene rings is 1. The molecule has 1 aliphatic heterocycles. The summed E-state index contributed by atoms with van der Waals surface area (Å²) in [6.45, 7) is 6.69. The molecule has 1 N–H and O–H groups in total. The second-order valence-electron chi connectivity index (χ2n) is 6.85. The number of Topliss-reactive ketones (excluding diaryl/α,β-unsaturated/α-hetero) is 1. The van der Waals surface area contributed by atoms with Crippen molar-refractivity contribution in [2.24, 2.45) is 5.41 Å². The lowest BCUT2D eigenvalue weighted by Crippen LogP contribution is -2.42. The molecule has 1 atom stereocenters. The number of rotatable bonds is 4. The van der Waals surface area contributed by atoms with Gasteiger partial charge in [-0.25, -0.2) is 4.79 Å². The molecule has 6 nitrogen and oxygen atoms in total. The minimum Gasteiger partial charge on any atom is -0.497 e. The van der Waals surface area contributed by atoms with Crippen LogP contribution in [0, 0.1) is 5.41 Å². The summed E-state index contributed by atoms with van der Waals surface area (Å²) in [6.07, 6.45) is 0. The summed E-state index contributed by atoms with van der Waals surface area (Å²) in [5.74, 6) is 0.0686. The van der Waals surface area contributed by atoms with Crippen molar-refractivity contribution in [2.45, 2.75) is 33.2 Å². The lowest BCUT2D eigenvalue weighted by Gasteiger charge is -2.23. The highest BCUT2D eigenvalue weighted by Crippen LogP contribution is 2.30. The van der Waals surface area contributed by atoms with Gasteiger partial charge >= 0.3 is 6.03 Å². The topological polar surface area (TPSA) is 75.7 Å². The predicted molar refractivity (Wildman–Crippen MR) is 85.1 cm³/mol. The predicted octanol–water partition coefficient (Wildman–Crippen LogP) is 2.08. The number of hydrogen-bond acceptors (Lipinski definition) is 4. The van der Waals surface area contributed by atoms with Crippen LogP contribution in [0.5, 0.6) is 5.75 Å². The molecule has 1 aliphatic rings. The van der Waals surface area contributed by atoms with Crippen LogP contribution in [0.1, 0.15) is 33.3 Å². The van der Waals surface area contributed by atoms with Crippen LogP contribution in [-0.4, -0.2) is 36.3 Å². The van der Waals surface area contributed by atoms with E-state index in [1.807, 2.05) is 0 Å². The Morgan fingerprint density at radius 3 is 2.26 bits per heavy atom. The van der Waals surface area contributed by atoms with Gasteiger partial charge in [0.1, 0.15) is 11.3 Å². The molecule has 0 saturated carbocycles. The highest BCUT2D eigenvalue weighted by atomic mass is 16.5. The maximum atomic E-state index is 12.7. The first-order chi connectivity index (χ1) is 10.6. The number of urea groups is 1. The monoisotopic (exact) mass is 318 g/mol. The molecule has 0 aliphatic carbocycles. The van der Waals surface area contributed by atoms with E-state index in [0.717, 1.165) is 4.90 Å². The van der Waals surface area contributed by atoms with Crippen LogP contribution >= 0.6 is 0 Å². The second kappa shape index (κ2) is 5.68. The van der Waals surface area contributed by atoms with Crippen molar-refractivity contribution in [3.05, 3.63) is 29.8 Å². The van der Waals surface area contributed by atoms with Gasteiger partial charge in [0.2, 0.25) is 0 Å². The molecule has 6 heteroatoms. The summed E-state index contributed by atoms with van der Waals surface area (Å²) in [5, 5.41) is 2.69. The van der Waals surface area contributed by atoms with E-state index >= 15 is 0 Å². The molecule has 1 aromatic carbocycles. The molecule has 1 saturated heterocycles. The first-order valence-electron chi connectivity index (χ1n) is 7.41. The SMILES string of the molecule is COc1ccc([C@]2(C)NC(=O)N(CC(=O)C(C)(C)C)C2=O)cc1. The Bertz CT molecular complexity index is 646. The van der Waals surface area contributed by atoms with Crippen LogP contribution < -0.4 is 10.1 Å². The number of imide groups is 1. The fraction of sp³-hybridized carbons (Fsp3) is 0.471. The van der Waals surface area contributed by atoms with Gasteiger partial charge < -0.3 is 10.1 Å². The number of carbonyl (C=O) groups is 3. The van der Waals surface area contributed by atoms with E-state index < -0.39 is 22.9 Å². The molecule has 1 aromatic rings. The molecule has 0 unspecified atom stereocenters. The maximum absolute atomic E-state index is 12.7. The van der Waals surface area contributed by atoms with Crippen LogP contribution in [-0.2, 0) is 15.1 Å². The molecular formula is C17H22N2O4. The van der Waals surface area contributed by atoms with E-state index in [1.54, 1.807) is 59.1 Å². The molecular weight excluding hydrogens is 296 g/mol. The van der Waals surface area contributed by atoms with Gasteiger partial charge in [0.15, 0.2) is 5.78 Å². The Morgan fingerprint density at radius 2 is 1.78 bits per heavy atom. The number of carbonyl (C=O) groups excluding carboxylic acids is 3. The number of nitrogens with zero attached hydrogens (tertiary/aromatic N) is 1. The summed E-state index contributed by atoms with van der Waals surface area (Å²) in [5.41, 5.74) is -1.15. The fourth-order valence-electron chi connectivity index (χ4n) is 2.34. The van der Waals surface area contributed by atoms with Gasteiger partial charge in [-0.3, -0.25) is 14.5 Å². The largest absolute Gasteiger partial charge is 0.497 e. The quantitative estimate of drug-likeness (QED) is 0.862. The number of ketones is 1. The van der Waals surface area contributed by atoms with Crippen molar-refractivity contribution < 1.29 is 19.1 Å². The van der Waals surface area contributed by atoms with Crippen molar-refractivity contribution in [3.63, 3.8) is 0 Å². The minimum atomic E-state index is -1.18. The van der Waals surface area contributed by atoms with E-state index in [1.165, 1.54) is 0 Å². The van der Waals surface area contributed by atoms with E-state index in [0.29, 0.717) is 11.3 Å². The maximum Gasteiger partial charge on any atom is 0.325 e. The Labute approximate surface area is 135 Å². The lowest BCUT2D eigenvalue weighted by molar-refractivity contribution is -0.136. The summed E-state index contributed by atoms with van der Waals surface area (Å²) in [7, 11) is 1.55. The highest BCUT2D eigenvalue weighted by Gasteiger charge is 2.49. The van der Waals surface area contributed by atoms with Gasteiger partial charge in [-0.1, -0.05) is 32.9 Å². The zero-order valence-corrected chi connectivity index (χ0v) is 14.1. The third-order valence-electron chi connectivity index (χ3n) is 4.08. The van der Waals surface area contributed by atoms with E-state index in [2.05, 4.69) is 5.32 Å². The molecule has 1 heterocycles. The molecule has 0 bridgehead atoms.